The first kappa shape index (κ1) is 21.3. The summed E-state index contributed by atoms with van der Waals surface area (Å²) in [6.45, 7) is 8.72. The smallest absolute Gasteiger partial charge is 0.257 e. The highest BCUT2D eigenvalue weighted by Crippen LogP contribution is 2.24. The van der Waals surface area contributed by atoms with Gasteiger partial charge in [-0.05, 0) is 64.1 Å². The molecular formula is C24H26FN3O2. The van der Waals surface area contributed by atoms with Crippen LogP contribution in [0.1, 0.15) is 46.0 Å². The Morgan fingerprint density at radius 3 is 2.37 bits per heavy atom. The van der Waals surface area contributed by atoms with Gasteiger partial charge in [0.2, 0.25) is 0 Å². The number of nitrogens with zero attached hydrogens (tertiary/aromatic N) is 2. The normalized spacial score (nSPS) is 10.7. The van der Waals surface area contributed by atoms with Gasteiger partial charge in [-0.3, -0.25) is 9.59 Å². The molecule has 0 atom stereocenters. The molecule has 1 N–H and O–H groups in total. The van der Waals surface area contributed by atoms with Gasteiger partial charge in [0.15, 0.2) is 0 Å². The van der Waals surface area contributed by atoms with Gasteiger partial charge in [0.25, 0.3) is 11.8 Å². The molecule has 0 unspecified atom stereocenters. The van der Waals surface area contributed by atoms with Gasteiger partial charge in [-0.1, -0.05) is 18.2 Å². The Morgan fingerprint density at radius 1 is 1.00 bits per heavy atom. The fourth-order valence-corrected chi connectivity index (χ4v) is 3.62. The van der Waals surface area contributed by atoms with E-state index < -0.39 is 0 Å². The minimum atomic E-state index is -0.353. The van der Waals surface area contributed by atoms with Gasteiger partial charge in [-0.25, -0.2) is 4.39 Å². The summed E-state index contributed by atoms with van der Waals surface area (Å²) in [4.78, 5) is 27.2. The first-order chi connectivity index (χ1) is 14.4. The second-order valence-electron chi connectivity index (χ2n) is 7.08. The molecule has 30 heavy (non-hydrogen) atoms. The maximum absolute atomic E-state index is 14.3. The SMILES string of the molecule is CCN(CC)C(=O)c1cccc(NC(=O)c2cc(C)n(-c3ccccc3F)c2C)c1. The number of halogens is 1. The average Bonchev–Trinajstić information content (AvgIpc) is 3.03. The lowest BCUT2D eigenvalue weighted by Crippen LogP contribution is -2.30. The Morgan fingerprint density at radius 2 is 1.70 bits per heavy atom. The van der Waals surface area contributed by atoms with Crippen molar-refractivity contribution in [3.05, 3.63) is 82.9 Å². The number of carbonyl (C=O) groups is 2. The van der Waals surface area contributed by atoms with E-state index in [2.05, 4.69) is 5.32 Å². The molecule has 2 amide bonds. The molecule has 3 rings (SSSR count). The lowest BCUT2D eigenvalue weighted by Gasteiger charge is -2.19. The fraction of sp³-hybridized carbons (Fsp3) is 0.250. The summed E-state index contributed by atoms with van der Waals surface area (Å²) in [5.74, 6) is -0.735. The standard InChI is InChI=1S/C24H26FN3O2/c1-5-27(6-2)24(30)18-10-9-11-19(15-18)26-23(29)20-14-16(3)28(17(20)4)22-13-8-7-12-21(22)25/h7-15H,5-6H2,1-4H3,(H,26,29). The van der Waals surface area contributed by atoms with Gasteiger partial charge in [-0.2, -0.15) is 0 Å². The van der Waals surface area contributed by atoms with Crippen molar-refractivity contribution in [3.63, 3.8) is 0 Å². The number of anilines is 1. The second-order valence-corrected chi connectivity index (χ2v) is 7.08. The topological polar surface area (TPSA) is 54.3 Å². The minimum Gasteiger partial charge on any atom is -0.339 e. The summed E-state index contributed by atoms with van der Waals surface area (Å²) >= 11 is 0. The molecule has 6 heteroatoms. The van der Waals surface area contributed by atoms with Gasteiger partial charge in [0.05, 0.1) is 11.3 Å². The zero-order valence-corrected chi connectivity index (χ0v) is 17.7. The summed E-state index contributed by atoms with van der Waals surface area (Å²) in [6, 6.07) is 15.1. The molecule has 0 aliphatic carbocycles. The molecule has 1 aromatic heterocycles. The molecule has 0 aliphatic rings. The number of para-hydroxylation sites is 1. The van der Waals surface area contributed by atoms with Gasteiger partial charge >= 0.3 is 0 Å². The van der Waals surface area contributed by atoms with E-state index in [1.165, 1.54) is 6.07 Å². The van der Waals surface area contributed by atoms with Crippen LogP contribution >= 0.6 is 0 Å². The Labute approximate surface area is 176 Å². The second kappa shape index (κ2) is 8.95. The third-order valence-corrected chi connectivity index (χ3v) is 5.19. The minimum absolute atomic E-state index is 0.0752. The van der Waals surface area contributed by atoms with Gasteiger partial charge < -0.3 is 14.8 Å². The molecule has 0 spiro atoms. The molecule has 0 radical (unpaired) electrons. The maximum atomic E-state index is 14.3. The van der Waals surface area contributed by atoms with Crippen LogP contribution < -0.4 is 5.32 Å². The van der Waals surface area contributed by atoms with Crippen molar-refractivity contribution in [2.45, 2.75) is 27.7 Å². The Hall–Kier alpha value is -3.41. The van der Waals surface area contributed by atoms with Crippen LogP contribution in [0.3, 0.4) is 0 Å². The first-order valence-corrected chi connectivity index (χ1v) is 10.0. The third kappa shape index (κ3) is 4.13. The number of carbonyl (C=O) groups excluding carboxylic acids is 2. The average molecular weight is 407 g/mol. The van der Waals surface area contributed by atoms with E-state index in [4.69, 9.17) is 0 Å². The van der Waals surface area contributed by atoms with Gasteiger partial charge in [0, 0.05) is 35.7 Å². The molecule has 0 fully saturated rings. The lowest BCUT2D eigenvalue weighted by molar-refractivity contribution is 0.0772. The van der Waals surface area contributed by atoms with Crippen LogP contribution in [-0.2, 0) is 0 Å². The number of aryl methyl sites for hydroxylation is 1. The van der Waals surface area contributed by atoms with Crippen LogP contribution in [0.25, 0.3) is 5.69 Å². The largest absolute Gasteiger partial charge is 0.339 e. The summed E-state index contributed by atoms with van der Waals surface area (Å²) in [6.07, 6.45) is 0. The maximum Gasteiger partial charge on any atom is 0.257 e. The highest BCUT2D eigenvalue weighted by Gasteiger charge is 2.19. The number of aromatic nitrogens is 1. The van der Waals surface area contributed by atoms with Crippen molar-refractivity contribution in [1.29, 1.82) is 0 Å². The summed E-state index contributed by atoms with van der Waals surface area (Å²) in [5.41, 5.74) is 3.32. The summed E-state index contributed by atoms with van der Waals surface area (Å²) < 4.78 is 16.0. The van der Waals surface area contributed by atoms with E-state index in [9.17, 15) is 14.0 Å². The number of hydrogen-bond donors (Lipinski definition) is 1. The highest BCUT2D eigenvalue weighted by molar-refractivity contribution is 6.06. The number of amides is 2. The van der Waals surface area contributed by atoms with Crippen molar-refractivity contribution in [1.82, 2.24) is 9.47 Å². The number of hydrogen-bond acceptors (Lipinski definition) is 2. The molecule has 0 saturated heterocycles. The van der Waals surface area contributed by atoms with E-state index >= 15 is 0 Å². The van der Waals surface area contributed by atoms with E-state index in [0.717, 1.165) is 5.69 Å². The van der Waals surface area contributed by atoms with E-state index in [1.54, 1.807) is 64.9 Å². The van der Waals surface area contributed by atoms with E-state index in [1.807, 2.05) is 20.8 Å². The molecule has 0 bridgehead atoms. The van der Waals surface area contributed by atoms with Crippen LogP contribution in [0.2, 0.25) is 0 Å². The van der Waals surface area contributed by atoms with Crippen LogP contribution in [0.5, 0.6) is 0 Å². The molecule has 5 nitrogen and oxygen atoms in total. The van der Waals surface area contributed by atoms with Crippen molar-refractivity contribution in [2.75, 3.05) is 18.4 Å². The van der Waals surface area contributed by atoms with Gasteiger partial charge in [0.1, 0.15) is 5.82 Å². The molecular weight excluding hydrogens is 381 g/mol. The zero-order valence-electron chi connectivity index (χ0n) is 17.7. The third-order valence-electron chi connectivity index (χ3n) is 5.19. The molecule has 156 valence electrons. The zero-order chi connectivity index (χ0) is 21.8. The van der Waals surface area contributed by atoms with Crippen molar-refractivity contribution in [2.24, 2.45) is 0 Å². The number of nitrogens with one attached hydrogen (secondary N) is 1. The fourth-order valence-electron chi connectivity index (χ4n) is 3.62. The summed E-state index contributed by atoms with van der Waals surface area (Å²) in [7, 11) is 0. The van der Waals surface area contributed by atoms with Gasteiger partial charge in [-0.15, -0.1) is 0 Å². The van der Waals surface area contributed by atoms with Crippen molar-refractivity contribution in [3.8, 4) is 5.69 Å². The Balaban J connectivity index is 1.88. The molecule has 2 aromatic carbocycles. The monoisotopic (exact) mass is 407 g/mol. The highest BCUT2D eigenvalue weighted by atomic mass is 19.1. The predicted octanol–water partition coefficient (Wildman–Crippen LogP) is 4.97. The van der Waals surface area contributed by atoms with Crippen molar-refractivity contribution < 1.29 is 14.0 Å². The van der Waals surface area contributed by atoms with E-state index in [0.29, 0.717) is 41.3 Å². The van der Waals surface area contributed by atoms with Crippen LogP contribution in [-0.4, -0.2) is 34.4 Å². The van der Waals surface area contributed by atoms with Crippen molar-refractivity contribution >= 4 is 17.5 Å². The first-order valence-electron chi connectivity index (χ1n) is 10.0. The number of rotatable bonds is 6. The van der Waals surface area contributed by atoms with Crippen LogP contribution in [0, 0.1) is 19.7 Å². The Bertz CT molecular complexity index is 1080. The summed E-state index contributed by atoms with van der Waals surface area (Å²) in [5, 5.41) is 2.86. The predicted molar refractivity (Wildman–Crippen MR) is 117 cm³/mol. The lowest BCUT2D eigenvalue weighted by atomic mass is 10.1. The van der Waals surface area contributed by atoms with Crippen LogP contribution in [0.4, 0.5) is 10.1 Å². The molecule has 0 aliphatic heterocycles. The molecule has 1 heterocycles. The quantitative estimate of drug-likeness (QED) is 0.627. The number of benzene rings is 2. The molecule has 0 saturated carbocycles. The Kier molecular flexibility index (Phi) is 6.35. The van der Waals surface area contributed by atoms with E-state index in [-0.39, 0.29) is 17.6 Å². The van der Waals surface area contributed by atoms with Crippen LogP contribution in [0.15, 0.2) is 54.6 Å². The molecule has 3 aromatic rings.